The predicted molar refractivity (Wildman–Crippen MR) is 94.8 cm³/mol. The first-order valence-corrected chi connectivity index (χ1v) is 7.81. The van der Waals surface area contributed by atoms with Gasteiger partial charge in [0.05, 0.1) is 10.6 Å². The van der Waals surface area contributed by atoms with E-state index in [0.717, 1.165) is 0 Å². The average Bonchev–Trinajstić information content (AvgIpc) is 2.64. The van der Waals surface area contributed by atoms with Crippen molar-refractivity contribution < 1.29 is 23.9 Å². The maximum Gasteiger partial charge on any atom is 0.412 e. The van der Waals surface area contributed by atoms with Crippen molar-refractivity contribution in [3.63, 3.8) is 0 Å². The van der Waals surface area contributed by atoms with Gasteiger partial charge in [-0.2, -0.15) is 0 Å². The van der Waals surface area contributed by atoms with Crippen molar-refractivity contribution in [2.24, 2.45) is 0 Å². The van der Waals surface area contributed by atoms with Gasteiger partial charge in [0.15, 0.2) is 6.10 Å². The third kappa shape index (κ3) is 4.16. The molecule has 1 unspecified atom stereocenters. The zero-order chi connectivity index (χ0) is 19.2. The summed E-state index contributed by atoms with van der Waals surface area (Å²) in [7, 11) is 2.91. The minimum absolute atomic E-state index is 0.136. The number of anilines is 1. The minimum atomic E-state index is -1.29. The number of benzene rings is 2. The number of non-ortho nitro benzene ring substituents is 1. The molecule has 138 valence electrons. The molecule has 8 nitrogen and oxygen atoms in total. The summed E-state index contributed by atoms with van der Waals surface area (Å²) >= 11 is 0. The molecule has 0 saturated heterocycles. The van der Waals surface area contributed by atoms with Gasteiger partial charge >= 0.3 is 6.09 Å². The van der Waals surface area contributed by atoms with E-state index >= 15 is 0 Å². The number of nitrogens with one attached hydrogen (secondary N) is 1. The van der Waals surface area contributed by atoms with Crippen LogP contribution in [0.25, 0.3) is 0 Å². The van der Waals surface area contributed by atoms with Gasteiger partial charge in [0.25, 0.3) is 5.69 Å². The summed E-state index contributed by atoms with van der Waals surface area (Å²) in [6.45, 7) is 1.63. The highest BCUT2D eigenvalue weighted by atomic mass is 16.7. The van der Waals surface area contributed by atoms with E-state index in [4.69, 9.17) is 14.2 Å². The molecule has 1 N–H and O–H groups in total. The van der Waals surface area contributed by atoms with Gasteiger partial charge in [0.2, 0.25) is 5.79 Å². The Bertz CT molecular complexity index is 761. The van der Waals surface area contributed by atoms with Crippen LogP contribution >= 0.6 is 0 Å². The molecule has 0 heterocycles. The van der Waals surface area contributed by atoms with Gasteiger partial charge in [0.1, 0.15) is 0 Å². The Hall–Kier alpha value is -2.97. The maximum absolute atomic E-state index is 12.2. The Morgan fingerprint density at radius 1 is 1.12 bits per heavy atom. The molecule has 0 spiro atoms. The van der Waals surface area contributed by atoms with Gasteiger partial charge in [-0.15, -0.1) is 0 Å². The zero-order valence-electron chi connectivity index (χ0n) is 14.7. The van der Waals surface area contributed by atoms with Crippen LogP contribution in [0, 0.1) is 10.1 Å². The molecule has 0 bridgehead atoms. The fraction of sp³-hybridized carbons (Fsp3) is 0.278. The number of hydrogen-bond donors (Lipinski definition) is 1. The molecule has 0 aliphatic rings. The molecule has 26 heavy (non-hydrogen) atoms. The summed E-state index contributed by atoms with van der Waals surface area (Å²) in [5.74, 6) is -1.29. The van der Waals surface area contributed by atoms with Crippen LogP contribution in [0.4, 0.5) is 16.2 Å². The van der Waals surface area contributed by atoms with Crippen LogP contribution in [0.2, 0.25) is 0 Å². The molecule has 2 rings (SSSR count). The summed E-state index contributed by atoms with van der Waals surface area (Å²) in [6.07, 6.45) is -1.59. The maximum atomic E-state index is 12.2. The van der Waals surface area contributed by atoms with Crippen LogP contribution in [-0.2, 0) is 20.0 Å². The van der Waals surface area contributed by atoms with E-state index < -0.39 is 22.9 Å². The third-order valence-electron chi connectivity index (χ3n) is 3.91. The number of amides is 1. The molecule has 8 heteroatoms. The first-order chi connectivity index (χ1) is 12.4. The van der Waals surface area contributed by atoms with Gasteiger partial charge < -0.3 is 14.2 Å². The van der Waals surface area contributed by atoms with Crippen LogP contribution in [0.3, 0.4) is 0 Å². The Morgan fingerprint density at radius 2 is 1.77 bits per heavy atom. The highest BCUT2D eigenvalue weighted by Gasteiger charge is 2.41. The number of ether oxygens (including phenoxy) is 3. The second-order valence-corrected chi connectivity index (χ2v) is 5.42. The van der Waals surface area contributed by atoms with Gasteiger partial charge in [-0.25, -0.2) is 4.79 Å². The Balaban J connectivity index is 2.14. The number of carbonyl (C=O) groups excluding carboxylic acids is 1. The van der Waals surface area contributed by atoms with E-state index in [1.807, 2.05) is 18.2 Å². The van der Waals surface area contributed by atoms with Crippen molar-refractivity contribution >= 4 is 17.5 Å². The van der Waals surface area contributed by atoms with Crippen molar-refractivity contribution in [2.45, 2.75) is 18.8 Å². The molecular weight excluding hydrogens is 340 g/mol. The summed E-state index contributed by atoms with van der Waals surface area (Å²) in [4.78, 5) is 22.5. The van der Waals surface area contributed by atoms with Crippen LogP contribution in [0.1, 0.15) is 12.5 Å². The fourth-order valence-electron chi connectivity index (χ4n) is 2.64. The average molecular weight is 360 g/mol. The molecule has 1 atom stereocenters. The number of nitro benzene ring substituents is 1. The Kier molecular flexibility index (Phi) is 6.26. The predicted octanol–water partition coefficient (Wildman–Crippen LogP) is 3.68. The van der Waals surface area contributed by atoms with Crippen molar-refractivity contribution in [1.29, 1.82) is 0 Å². The molecular formula is C18H20N2O6. The highest BCUT2D eigenvalue weighted by molar-refractivity contribution is 5.85. The Labute approximate surface area is 150 Å². The molecule has 0 aromatic heterocycles. The second-order valence-electron chi connectivity index (χ2n) is 5.42. The zero-order valence-corrected chi connectivity index (χ0v) is 14.7. The van der Waals surface area contributed by atoms with Gasteiger partial charge in [0, 0.05) is 31.9 Å². The SMILES string of the molecule is COC(OC)(c1ccccc1)C(C)OC(=O)Nc1cccc([N+](=O)[O-])c1. The third-order valence-corrected chi connectivity index (χ3v) is 3.91. The van der Waals surface area contributed by atoms with E-state index in [1.165, 1.54) is 38.5 Å². The lowest BCUT2D eigenvalue weighted by atomic mass is 10.0. The normalized spacial score (nSPS) is 12.3. The monoisotopic (exact) mass is 360 g/mol. The van der Waals surface area contributed by atoms with Crippen molar-refractivity contribution in [3.05, 3.63) is 70.3 Å². The van der Waals surface area contributed by atoms with Crippen molar-refractivity contribution in [2.75, 3.05) is 19.5 Å². The Morgan fingerprint density at radius 3 is 2.35 bits per heavy atom. The topological polar surface area (TPSA) is 99.9 Å². The number of carbonyl (C=O) groups is 1. The van der Waals surface area contributed by atoms with Gasteiger partial charge in [-0.3, -0.25) is 15.4 Å². The van der Waals surface area contributed by atoms with E-state index in [2.05, 4.69) is 5.32 Å². The lowest BCUT2D eigenvalue weighted by Crippen LogP contribution is -2.44. The first kappa shape index (κ1) is 19.4. The molecule has 0 saturated carbocycles. The number of methoxy groups -OCH3 is 2. The van der Waals surface area contributed by atoms with Crippen molar-refractivity contribution in [1.82, 2.24) is 0 Å². The molecule has 0 radical (unpaired) electrons. The van der Waals surface area contributed by atoms with Crippen molar-refractivity contribution in [3.8, 4) is 0 Å². The lowest BCUT2D eigenvalue weighted by molar-refractivity contribution is -0.384. The second kappa shape index (κ2) is 8.41. The molecule has 2 aromatic rings. The molecule has 0 fully saturated rings. The van der Waals surface area contributed by atoms with E-state index in [1.54, 1.807) is 19.1 Å². The summed E-state index contributed by atoms with van der Waals surface area (Å²) in [5.41, 5.74) is 0.792. The van der Waals surface area contributed by atoms with Crippen LogP contribution in [0.15, 0.2) is 54.6 Å². The highest BCUT2D eigenvalue weighted by Crippen LogP contribution is 2.32. The lowest BCUT2D eigenvalue weighted by Gasteiger charge is -2.35. The molecule has 1 amide bonds. The van der Waals surface area contributed by atoms with E-state index in [0.29, 0.717) is 5.56 Å². The first-order valence-electron chi connectivity index (χ1n) is 7.81. The number of nitro groups is 1. The fourth-order valence-corrected chi connectivity index (χ4v) is 2.64. The largest absolute Gasteiger partial charge is 0.440 e. The molecule has 0 aliphatic heterocycles. The van der Waals surface area contributed by atoms with Gasteiger partial charge in [-0.1, -0.05) is 36.4 Å². The van der Waals surface area contributed by atoms with Crippen LogP contribution < -0.4 is 5.32 Å². The minimum Gasteiger partial charge on any atom is -0.440 e. The standard InChI is InChI=1S/C18H20N2O6/c1-13(18(24-2,25-3)14-8-5-4-6-9-14)26-17(21)19-15-10-7-11-16(12-15)20(22)23/h4-13H,1-3H3,(H,19,21). The quantitative estimate of drug-likeness (QED) is 0.459. The number of nitrogens with zero attached hydrogens (tertiary/aromatic N) is 1. The van der Waals surface area contributed by atoms with E-state index in [-0.39, 0.29) is 11.4 Å². The van der Waals surface area contributed by atoms with Gasteiger partial charge in [-0.05, 0) is 13.0 Å². The smallest absolute Gasteiger partial charge is 0.412 e. The number of hydrogen-bond acceptors (Lipinski definition) is 6. The molecule has 2 aromatic carbocycles. The van der Waals surface area contributed by atoms with E-state index in [9.17, 15) is 14.9 Å². The number of rotatable bonds is 7. The summed E-state index contributed by atoms with van der Waals surface area (Å²) in [5, 5.41) is 13.3. The molecule has 0 aliphatic carbocycles. The van der Waals surface area contributed by atoms with Crippen LogP contribution in [0.5, 0.6) is 0 Å². The summed E-state index contributed by atoms with van der Waals surface area (Å²) in [6, 6.07) is 14.6. The summed E-state index contributed by atoms with van der Waals surface area (Å²) < 4.78 is 16.4. The van der Waals surface area contributed by atoms with Crippen LogP contribution in [-0.4, -0.2) is 31.3 Å².